The summed E-state index contributed by atoms with van der Waals surface area (Å²) in [6.45, 7) is 5.12. The second kappa shape index (κ2) is 5.20. The second-order valence-corrected chi connectivity index (χ2v) is 5.99. The molecule has 1 heterocycles. The first-order valence-corrected chi connectivity index (χ1v) is 6.79. The SMILES string of the molecule is CC1(C#N)CCN(Cc2ccc(Br)cc2)CC1. The van der Waals surface area contributed by atoms with Crippen LogP contribution in [0, 0.1) is 16.7 Å². The van der Waals surface area contributed by atoms with Crippen molar-refractivity contribution in [3.63, 3.8) is 0 Å². The Bertz CT molecular complexity index is 411. The molecular formula is C14H17BrN2. The molecule has 0 unspecified atom stereocenters. The van der Waals surface area contributed by atoms with Crippen molar-refractivity contribution >= 4 is 15.9 Å². The predicted octanol–water partition coefficient (Wildman–Crippen LogP) is 3.57. The third-order valence-electron chi connectivity index (χ3n) is 3.55. The number of rotatable bonds is 2. The zero-order valence-corrected chi connectivity index (χ0v) is 11.7. The Balaban J connectivity index is 1.90. The first-order valence-electron chi connectivity index (χ1n) is 5.99. The number of nitriles is 1. The van der Waals surface area contributed by atoms with Gasteiger partial charge in [0.2, 0.25) is 0 Å². The first kappa shape index (κ1) is 12.6. The summed E-state index contributed by atoms with van der Waals surface area (Å²) in [6, 6.07) is 10.9. The average Bonchev–Trinajstić information content (AvgIpc) is 2.35. The molecule has 0 saturated carbocycles. The Kier molecular flexibility index (Phi) is 3.86. The highest BCUT2D eigenvalue weighted by Gasteiger charge is 2.29. The fourth-order valence-electron chi connectivity index (χ4n) is 2.16. The molecule has 0 aromatic heterocycles. The maximum absolute atomic E-state index is 9.08. The zero-order chi connectivity index (χ0) is 12.3. The van der Waals surface area contributed by atoms with Crippen LogP contribution >= 0.6 is 15.9 Å². The van der Waals surface area contributed by atoms with E-state index in [1.807, 2.05) is 0 Å². The summed E-state index contributed by atoms with van der Waals surface area (Å²) in [4.78, 5) is 2.43. The lowest BCUT2D eigenvalue weighted by molar-refractivity contribution is 0.150. The molecule has 3 heteroatoms. The lowest BCUT2D eigenvalue weighted by Gasteiger charge is -2.34. The first-order chi connectivity index (χ1) is 8.11. The topological polar surface area (TPSA) is 27.0 Å². The maximum atomic E-state index is 9.08. The standard InChI is InChI=1S/C14H17BrN2/c1-14(11-16)6-8-17(9-7-14)10-12-2-4-13(15)5-3-12/h2-5H,6-10H2,1H3. The Labute approximate surface area is 111 Å². The molecule has 0 spiro atoms. The number of nitrogens with zero attached hydrogens (tertiary/aromatic N) is 2. The van der Waals surface area contributed by atoms with E-state index in [-0.39, 0.29) is 5.41 Å². The van der Waals surface area contributed by atoms with E-state index in [0.717, 1.165) is 36.9 Å². The molecule has 1 aliphatic rings. The molecule has 1 saturated heterocycles. The van der Waals surface area contributed by atoms with Crippen molar-refractivity contribution in [1.29, 1.82) is 5.26 Å². The van der Waals surface area contributed by atoms with Crippen LogP contribution in [-0.2, 0) is 6.54 Å². The molecule has 2 nitrogen and oxygen atoms in total. The van der Waals surface area contributed by atoms with Gasteiger partial charge in [-0.1, -0.05) is 28.1 Å². The van der Waals surface area contributed by atoms with Gasteiger partial charge in [-0.25, -0.2) is 0 Å². The van der Waals surface area contributed by atoms with Gasteiger partial charge < -0.3 is 0 Å². The Morgan fingerprint density at radius 2 is 1.88 bits per heavy atom. The largest absolute Gasteiger partial charge is 0.299 e. The van der Waals surface area contributed by atoms with Gasteiger partial charge in [0.25, 0.3) is 0 Å². The minimum Gasteiger partial charge on any atom is -0.299 e. The maximum Gasteiger partial charge on any atom is 0.0687 e. The van der Waals surface area contributed by atoms with E-state index in [4.69, 9.17) is 5.26 Å². The molecule has 0 N–H and O–H groups in total. The van der Waals surface area contributed by atoms with Crippen LogP contribution in [0.2, 0.25) is 0 Å². The molecule has 0 atom stereocenters. The van der Waals surface area contributed by atoms with Gasteiger partial charge in [0.15, 0.2) is 0 Å². The molecule has 0 bridgehead atoms. The number of benzene rings is 1. The number of likely N-dealkylation sites (tertiary alicyclic amines) is 1. The minimum absolute atomic E-state index is 0.101. The smallest absolute Gasteiger partial charge is 0.0687 e. The van der Waals surface area contributed by atoms with Crippen LogP contribution in [0.1, 0.15) is 25.3 Å². The zero-order valence-electron chi connectivity index (χ0n) is 10.1. The Hall–Kier alpha value is -0.850. The molecule has 90 valence electrons. The van der Waals surface area contributed by atoms with E-state index in [1.165, 1.54) is 5.56 Å². The van der Waals surface area contributed by atoms with Crippen LogP contribution in [0.5, 0.6) is 0 Å². The van der Waals surface area contributed by atoms with Crippen molar-refractivity contribution in [2.75, 3.05) is 13.1 Å². The molecular weight excluding hydrogens is 276 g/mol. The van der Waals surface area contributed by atoms with Gasteiger partial charge in [0.1, 0.15) is 0 Å². The summed E-state index contributed by atoms with van der Waals surface area (Å²) >= 11 is 3.45. The summed E-state index contributed by atoms with van der Waals surface area (Å²) in [5, 5.41) is 9.08. The molecule has 0 radical (unpaired) electrons. The van der Waals surface area contributed by atoms with E-state index >= 15 is 0 Å². The van der Waals surface area contributed by atoms with Gasteiger partial charge in [-0.2, -0.15) is 5.26 Å². The summed E-state index contributed by atoms with van der Waals surface area (Å²) < 4.78 is 1.12. The highest BCUT2D eigenvalue weighted by molar-refractivity contribution is 9.10. The molecule has 0 aliphatic carbocycles. The molecule has 1 aliphatic heterocycles. The van der Waals surface area contributed by atoms with Crippen molar-refractivity contribution < 1.29 is 0 Å². The van der Waals surface area contributed by atoms with Crippen LogP contribution < -0.4 is 0 Å². The van der Waals surface area contributed by atoms with Crippen molar-refractivity contribution in [3.8, 4) is 6.07 Å². The molecule has 1 aromatic carbocycles. The van der Waals surface area contributed by atoms with Crippen molar-refractivity contribution in [2.45, 2.75) is 26.3 Å². The van der Waals surface area contributed by atoms with Gasteiger partial charge in [0.05, 0.1) is 11.5 Å². The van der Waals surface area contributed by atoms with E-state index in [1.54, 1.807) is 0 Å². The van der Waals surface area contributed by atoms with E-state index in [2.05, 4.69) is 58.1 Å². The van der Waals surface area contributed by atoms with Crippen LogP contribution in [-0.4, -0.2) is 18.0 Å². The lowest BCUT2D eigenvalue weighted by atomic mass is 9.82. The molecule has 0 amide bonds. The van der Waals surface area contributed by atoms with E-state index in [9.17, 15) is 0 Å². The number of halogens is 1. The lowest BCUT2D eigenvalue weighted by Crippen LogP contribution is -2.37. The Morgan fingerprint density at radius 1 is 1.29 bits per heavy atom. The predicted molar refractivity (Wildman–Crippen MR) is 72.4 cm³/mol. The number of hydrogen-bond acceptors (Lipinski definition) is 2. The summed E-state index contributed by atoms with van der Waals surface area (Å²) in [7, 11) is 0. The van der Waals surface area contributed by atoms with Gasteiger partial charge in [-0.3, -0.25) is 4.90 Å². The van der Waals surface area contributed by atoms with Gasteiger partial charge in [0, 0.05) is 11.0 Å². The van der Waals surface area contributed by atoms with Crippen LogP contribution in [0.4, 0.5) is 0 Å². The highest BCUT2D eigenvalue weighted by atomic mass is 79.9. The van der Waals surface area contributed by atoms with Crippen molar-refractivity contribution in [2.24, 2.45) is 5.41 Å². The minimum atomic E-state index is -0.101. The summed E-state index contributed by atoms with van der Waals surface area (Å²) in [5.74, 6) is 0. The molecule has 17 heavy (non-hydrogen) atoms. The third kappa shape index (κ3) is 3.31. The van der Waals surface area contributed by atoms with Gasteiger partial charge in [-0.05, 0) is 50.6 Å². The average molecular weight is 293 g/mol. The number of hydrogen-bond donors (Lipinski definition) is 0. The third-order valence-corrected chi connectivity index (χ3v) is 4.08. The van der Waals surface area contributed by atoms with Crippen LogP contribution in [0.25, 0.3) is 0 Å². The second-order valence-electron chi connectivity index (χ2n) is 5.08. The summed E-state index contributed by atoms with van der Waals surface area (Å²) in [6.07, 6.45) is 1.97. The normalized spacial score (nSPS) is 19.8. The fraction of sp³-hybridized carbons (Fsp3) is 0.500. The fourth-order valence-corrected chi connectivity index (χ4v) is 2.43. The Morgan fingerprint density at radius 3 is 2.41 bits per heavy atom. The number of piperidine rings is 1. The van der Waals surface area contributed by atoms with Gasteiger partial charge >= 0.3 is 0 Å². The van der Waals surface area contributed by atoms with Crippen LogP contribution in [0.15, 0.2) is 28.7 Å². The molecule has 2 rings (SSSR count). The highest BCUT2D eigenvalue weighted by Crippen LogP contribution is 2.30. The van der Waals surface area contributed by atoms with E-state index < -0.39 is 0 Å². The van der Waals surface area contributed by atoms with Crippen molar-refractivity contribution in [1.82, 2.24) is 4.90 Å². The van der Waals surface area contributed by atoms with Crippen molar-refractivity contribution in [3.05, 3.63) is 34.3 Å². The molecule has 1 fully saturated rings. The van der Waals surface area contributed by atoms with Crippen LogP contribution in [0.3, 0.4) is 0 Å². The monoisotopic (exact) mass is 292 g/mol. The summed E-state index contributed by atoms with van der Waals surface area (Å²) in [5.41, 5.74) is 1.24. The van der Waals surface area contributed by atoms with Gasteiger partial charge in [-0.15, -0.1) is 0 Å². The quantitative estimate of drug-likeness (QED) is 0.833. The molecule has 1 aromatic rings. The van der Waals surface area contributed by atoms with E-state index in [0.29, 0.717) is 0 Å².